The van der Waals surface area contributed by atoms with Gasteiger partial charge in [-0.15, -0.1) is 0 Å². The molecule has 0 fully saturated rings. The van der Waals surface area contributed by atoms with E-state index in [0.717, 1.165) is 16.3 Å². The molecule has 3 aromatic rings. The first-order chi connectivity index (χ1) is 13.5. The number of halogens is 1. The third-order valence-electron chi connectivity index (χ3n) is 4.20. The number of amides is 1. The van der Waals surface area contributed by atoms with Crippen molar-refractivity contribution in [3.8, 4) is 5.75 Å². The third kappa shape index (κ3) is 5.07. The second kappa shape index (κ2) is 8.99. The highest BCUT2D eigenvalue weighted by molar-refractivity contribution is 5.87. The zero-order valence-electron chi connectivity index (χ0n) is 15.4. The first-order valence-electron chi connectivity index (χ1n) is 8.84. The lowest BCUT2D eigenvalue weighted by Gasteiger charge is -2.16. The van der Waals surface area contributed by atoms with Gasteiger partial charge in [0.2, 0.25) is 0 Å². The number of hydrogen-bond donors (Lipinski definition) is 1. The summed E-state index contributed by atoms with van der Waals surface area (Å²) >= 11 is 0. The molecule has 0 radical (unpaired) electrons. The first-order valence-corrected chi connectivity index (χ1v) is 8.84. The molecule has 1 amide bonds. The molecule has 28 heavy (non-hydrogen) atoms. The molecule has 3 rings (SSSR count). The van der Waals surface area contributed by atoms with Crippen LogP contribution in [0, 0.1) is 5.82 Å². The Bertz CT molecular complexity index is 966. The van der Waals surface area contributed by atoms with Gasteiger partial charge in [0.1, 0.15) is 11.6 Å². The van der Waals surface area contributed by atoms with Crippen molar-refractivity contribution < 1.29 is 23.5 Å². The Hall–Kier alpha value is -3.41. The highest BCUT2D eigenvalue weighted by Crippen LogP contribution is 2.23. The Morgan fingerprint density at radius 2 is 1.68 bits per heavy atom. The van der Waals surface area contributed by atoms with Crippen molar-refractivity contribution >= 4 is 22.6 Å². The highest BCUT2D eigenvalue weighted by atomic mass is 19.1. The van der Waals surface area contributed by atoms with Gasteiger partial charge in [-0.05, 0) is 47.5 Å². The van der Waals surface area contributed by atoms with E-state index < -0.39 is 24.3 Å². The first kappa shape index (κ1) is 19.4. The van der Waals surface area contributed by atoms with E-state index in [4.69, 9.17) is 9.47 Å². The average molecular weight is 381 g/mol. The van der Waals surface area contributed by atoms with Crippen LogP contribution in [-0.4, -0.2) is 25.1 Å². The Kier molecular flexibility index (Phi) is 6.22. The van der Waals surface area contributed by atoms with Crippen molar-refractivity contribution in [3.05, 3.63) is 78.1 Å². The van der Waals surface area contributed by atoms with Gasteiger partial charge in [-0.25, -0.2) is 9.18 Å². The summed E-state index contributed by atoms with van der Waals surface area (Å²) in [5, 5.41) is 4.97. The minimum atomic E-state index is -0.683. The van der Waals surface area contributed by atoms with Crippen molar-refractivity contribution in [2.45, 2.75) is 13.0 Å². The molecular weight excluding hydrogens is 361 g/mol. The molecule has 0 aliphatic carbocycles. The van der Waals surface area contributed by atoms with Gasteiger partial charge in [-0.3, -0.25) is 4.79 Å². The molecule has 144 valence electrons. The monoisotopic (exact) mass is 381 g/mol. The summed E-state index contributed by atoms with van der Waals surface area (Å²) in [5.74, 6) is -1.15. The van der Waals surface area contributed by atoms with Gasteiger partial charge in [0.05, 0.1) is 6.04 Å². The molecule has 0 unspecified atom stereocenters. The van der Waals surface area contributed by atoms with E-state index in [9.17, 15) is 14.0 Å². The Balaban J connectivity index is 1.48. The third-order valence-corrected chi connectivity index (χ3v) is 4.20. The molecule has 0 saturated heterocycles. The summed E-state index contributed by atoms with van der Waals surface area (Å²) in [7, 11) is 0. The van der Waals surface area contributed by atoms with E-state index in [1.54, 1.807) is 0 Å². The van der Waals surface area contributed by atoms with Crippen molar-refractivity contribution in [3.63, 3.8) is 0 Å². The van der Waals surface area contributed by atoms with Crippen LogP contribution in [0.5, 0.6) is 5.75 Å². The molecule has 0 saturated carbocycles. The summed E-state index contributed by atoms with van der Waals surface area (Å²) in [5.41, 5.74) is 0.984. The second-order valence-corrected chi connectivity index (χ2v) is 6.26. The van der Waals surface area contributed by atoms with Crippen LogP contribution >= 0.6 is 0 Å². The number of esters is 1. The van der Waals surface area contributed by atoms with Crippen LogP contribution < -0.4 is 10.1 Å². The predicted molar refractivity (Wildman–Crippen MR) is 103 cm³/mol. The molecule has 0 aromatic heterocycles. The molecule has 0 spiro atoms. The number of fused-ring (bicyclic) bond motifs is 1. The molecule has 0 heterocycles. The maximum Gasteiger partial charge on any atom is 0.344 e. The fourth-order valence-corrected chi connectivity index (χ4v) is 2.85. The van der Waals surface area contributed by atoms with Crippen LogP contribution in [0.4, 0.5) is 4.39 Å². The number of rotatable bonds is 7. The Morgan fingerprint density at radius 1 is 0.964 bits per heavy atom. The largest absolute Gasteiger partial charge is 0.482 e. The summed E-state index contributed by atoms with van der Waals surface area (Å²) in [4.78, 5) is 23.8. The average Bonchev–Trinajstić information content (AvgIpc) is 2.71. The zero-order chi connectivity index (χ0) is 19.9. The molecule has 1 N–H and O–H groups in total. The van der Waals surface area contributed by atoms with Crippen LogP contribution in [0.2, 0.25) is 0 Å². The van der Waals surface area contributed by atoms with E-state index in [2.05, 4.69) is 5.32 Å². The van der Waals surface area contributed by atoms with E-state index in [1.165, 1.54) is 24.3 Å². The Morgan fingerprint density at radius 3 is 2.46 bits per heavy atom. The van der Waals surface area contributed by atoms with Crippen molar-refractivity contribution in [1.29, 1.82) is 0 Å². The number of carbonyl (C=O) groups is 2. The van der Waals surface area contributed by atoms with Gasteiger partial charge in [0, 0.05) is 0 Å². The lowest BCUT2D eigenvalue weighted by molar-refractivity contribution is -0.150. The number of ether oxygens (including phenoxy) is 2. The smallest absolute Gasteiger partial charge is 0.344 e. The molecule has 0 aliphatic heterocycles. The van der Waals surface area contributed by atoms with Gasteiger partial charge >= 0.3 is 5.97 Å². The van der Waals surface area contributed by atoms with Gasteiger partial charge < -0.3 is 14.8 Å². The van der Waals surface area contributed by atoms with Crippen molar-refractivity contribution in [2.24, 2.45) is 0 Å². The van der Waals surface area contributed by atoms with Crippen molar-refractivity contribution in [2.75, 3.05) is 13.2 Å². The van der Waals surface area contributed by atoms with Crippen LogP contribution in [0.3, 0.4) is 0 Å². The molecular formula is C22H20FNO4. The van der Waals surface area contributed by atoms with E-state index in [-0.39, 0.29) is 12.6 Å². The minimum Gasteiger partial charge on any atom is -0.482 e. The predicted octanol–water partition coefficient (Wildman–Crippen LogP) is 3.78. The molecule has 1 atom stereocenters. The Labute approximate surface area is 162 Å². The van der Waals surface area contributed by atoms with Crippen LogP contribution in [0.1, 0.15) is 18.5 Å². The summed E-state index contributed by atoms with van der Waals surface area (Å²) in [6.45, 7) is 1.11. The normalized spacial score (nSPS) is 11.6. The van der Waals surface area contributed by atoms with E-state index in [0.29, 0.717) is 5.75 Å². The fraction of sp³-hybridized carbons (Fsp3) is 0.182. The quantitative estimate of drug-likeness (QED) is 0.633. The maximum absolute atomic E-state index is 12.8. The van der Waals surface area contributed by atoms with Crippen LogP contribution in [-0.2, 0) is 14.3 Å². The summed E-state index contributed by atoms with van der Waals surface area (Å²) < 4.78 is 22.9. The topological polar surface area (TPSA) is 64.6 Å². The van der Waals surface area contributed by atoms with Crippen molar-refractivity contribution in [1.82, 2.24) is 5.32 Å². The second-order valence-electron chi connectivity index (χ2n) is 6.26. The zero-order valence-corrected chi connectivity index (χ0v) is 15.4. The van der Waals surface area contributed by atoms with E-state index in [1.807, 2.05) is 49.4 Å². The minimum absolute atomic E-state index is 0.243. The fourth-order valence-electron chi connectivity index (χ4n) is 2.85. The molecule has 0 bridgehead atoms. The maximum atomic E-state index is 12.8. The van der Waals surface area contributed by atoms with Gasteiger partial charge in [-0.2, -0.15) is 0 Å². The van der Waals surface area contributed by atoms with Gasteiger partial charge in [0.25, 0.3) is 5.91 Å². The number of nitrogens with one attached hydrogen (secondary N) is 1. The van der Waals surface area contributed by atoms with Crippen LogP contribution in [0.15, 0.2) is 66.7 Å². The number of hydrogen-bond acceptors (Lipinski definition) is 4. The highest BCUT2D eigenvalue weighted by Gasteiger charge is 2.14. The molecule has 6 heteroatoms. The summed E-state index contributed by atoms with van der Waals surface area (Å²) in [6, 6.07) is 18.8. The molecule has 5 nitrogen and oxygen atoms in total. The van der Waals surface area contributed by atoms with Gasteiger partial charge in [-0.1, -0.05) is 42.5 Å². The number of benzene rings is 3. The van der Waals surface area contributed by atoms with E-state index >= 15 is 0 Å². The molecule has 3 aromatic carbocycles. The SMILES string of the molecule is C[C@@H](NC(=O)COC(=O)COc1ccc(F)cc1)c1cccc2ccccc12. The van der Waals surface area contributed by atoms with Crippen LogP contribution in [0.25, 0.3) is 10.8 Å². The standard InChI is InChI=1S/C22H20FNO4/c1-15(19-8-4-6-16-5-2-3-7-20(16)19)24-21(25)13-28-22(26)14-27-18-11-9-17(23)10-12-18/h2-12,15H,13-14H2,1H3,(H,24,25)/t15-/m1/s1. The lowest BCUT2D eigenvalue weighted by Crippen LogP contribution is -2.32. The summed E-state index contributed by atoms with van der Waals surface area (Å²) in [6.07, 6.45) is 0. The van der Waals surface area contributed by atoms with Gasteiger partial charge in [0.15, 0.2) is 13.2 Å². The number of carbonyl (C=O) groups excluding carboxylic acids is 2. The molecule has 0 aliphatic rings. The lowest BCUT2D eigenvalue weighted by atomic mass is 10.00.